The minimum atomic E-state index is -0.826. The average molecular weight is 515 g/mol. The van der Waals surface area contributed by atoms with Crippen LogP contribution < -0.4 is 0 Å². The first-order chi connectivity index (χ1) is 13.2. The Morgan fingerprint density at radius 2 is 1.24 bits per heavy atom. The molecule has 2 fully saturated rings. The minimum absolute atomic E-state index is 0. The molecule has 0 bridgehead atoms. The van der Waals surface area contributed by atoms with Gasteiger partial charge in [0.05, 0.1) is 0 Å². The zero-order chi connectivity index (χ0) is 19.3. The summed E-state index contributed by atoms with van der Waals surface area (Å²) >= 11 is -0.826. The summed E-state index contributed by atoms with van der Waals surface area (Å²) in [7, 11) is 9.87. The molecule has 2 saturated carbocycles. The second-order valence-corrected chi connectivity index (χ2v) is 12.8. The Bertz CT molecular complexity index is 554. The fraction of sp³-hybridized carbons (Fsp3) is 0.615. The fourth-order valence-corrected chi connectivity index (χ4v) is 6.69. The van der Waals surface area contributed by atoms with E-state index < -0.39 is 20.8 Å². The van der Waals surface area contributed by atoms with Crippen LogP contribution in [0.1, 0.15) is 58.8 Å². The van der Waals surface area contributed by atoms with Gasteiger partial charge in [-0.05, 0) is 60.2 Å². The van der Waals surface area contributed by atoms with Gasteiger partial charge in [-0.25, -0.2) is 0 Å². The summed E-state index contributed by atoms with van der Waals surface area (Å²) < 4.78 is 0. The fourth-order valence-electron chi connectivity index (χ4n) is 6.69. The Labute approximate surface area is 200 Å². The molecular formula is C26H40Cl2Zr. The van der Waals surface area contributed by atoms with Crippen LogP contribution in [0.5, 0.6) is 0 Å². The van der Waals surface area contributed by atoms with Gasteiger partial charge in [-0.15, -0.1) is 0 Å². The molecule has 4 aliphatic rings. The Kier molecular flexibility index (Phi) is 12.4. The molecule has 5 atom stereocenters. The van der Waals surface area contributed by atoms with E-state index in [4.69, 9.17) is 17.0 Å². The summed E-state index contributed by atoms with van der Waals surface area (Å²) in [6.45, 7) is 5.04. The third kappa shape index (κ3) is 5.81. The van der Waals surface area contributed by atoms with Gasteiger partial charge in [0, 0.05) is 0 Å². The van der Waals surface area contributed by atoms with E-state index in [1.165, 1.54) is 44.9 Å². The summed E-state index contributed by atoms with van der Waals surface area (Å²) in [5, 5.41) is 0. The van der Waals surface area contributed by atoms with Crippen molar-refractivity contribution >= 4 is 17.0 Å². The molecule has 5 unspecified atom stereocenters. The van der Waals surface area contributed by atoms with Crippen LogP contribution >= 0.6 is 17.0 Å². The maximum absolute atomic E-state index is 4.93. The zero-order valence-electron chi connectivity index (χ0n) is 18.8. The maximum atomic E-state index is 4.93. The standard InChI is InChI=1S/C24H34.2CH3.2ClH.Zr/c1-3-4-17-24(2,18-11-5-6-12-18)23-21-15-9-7-13-19(21)20-14-8-10-16-22(20)23;;;;;/h7-10,13-16,18-23H,3-6,11-12,17H2,1-2H3;2*1H3;2*1H;/q;2*-1;;;+4/p-2. The van der Waals surface area contributed by atoms with Crippen molar-refractivity contribution in [1.82, 2.24) is 0 Å². The number of hydrogen-bond acceptors (Lipinski definition) is 0. The molecule has 0 nitrogen and oxygen atoms in total. The first-order valence-electron chi connectivity index (χ1n) is 10.8. The third-order valence-corrected chi connectivity index (χ3v) is 7.84. The van der Waals surface area contributed by atoms with Crippen LogP contribution in [0.3, 0.4) is 0 Å². The van der Waals surface area contributed by atoms with Crippen LogP contribution in [0.25, 0.3) is 0 Å². The predicted molar refractivity (Wildman–Crippen MR) is 128 cm³/mol. The Morgan fingerprint density at radius 1 is 0.828 bits per heavy atom. The van der Waals surface area contributed by atoms with Crippen LogP contribution in [0.4, 0.5) is 0 Å². The monoisotopic (exact) mass is 512 g/mol. The molecule has 162 valence electrons. The average Bonchev–Trinajstić information content (AvgIpc) is 3.34. The number of hydrogen-bond donors (Lipinski definition) is 0. The number of halogens is 2. The molecule has 0 aromatic heterocycles. The SMILES string of the molecule is CCCCC(C)(C1CCCC1)C1C2C=CC=CC2C2C=CC=CC21.[CH3-].[CH3-].[Cl][Zr+2][Cl]. The van der Waals surface area contributed by atoms with Gasteiger partial charge in [0.2, 0.25) is 0 Å². The Morgan fingerprint density at radius 3 is 1.66 bits per heavy atom. The van der Waals surface area contributed by atoms with Crippen molar-refractivity contribution in [2.75, 3.05) is 0 Å². The predicted octanol–water partition coefficient (Wildman–Crippen LogP) is 9.00. The van der Waals surface area contributed by atoms with Gasteiger partial charge in [-0.1, -0.05) is 88.1 Å². The van der Waals surface area contributed by atoms with Crippen molar-refractivity contribution in [2.24, 2.45) is 40.9 Å². The van der Waals surface area contributed by atoms with Crippen molar-refractivity contribution < 1.29 is 20.8 Å². The molecule has 4 rings (SSSR count). The Balaban J connectivity index is 0.000000794. The molecule has 3 heteroatoms. The van der Waals surface area contributed by atoms with Crippen LogP contribution in [-0.4, -0.2) is 0 Å². The molecule has 0 radical (unpaired) electrons. The van der Waals surface area contributed by atoms with E-state index in [1.807, 2.05) is 0 Å². The van der Waals surface area contributed by atoms with Crippen molar-refractivity contribution in [3.05, 3.63) is 63.5 Å². The molecule has 0 saturated heterocycles. The molecule has 0 aromatic carbocycles. The Hall–Kier alpha value is 0.423. The molecular weight excluding hydrogens is 474 g/mol. The summed E-state index contributed by atoms with van der Waals surface area (Å²) in [4.78, 5) is 0. The van der Waals surface area contributed by atoms with Gasteiger partial charge in [-0.3, -0.25) is 0 Å². The number of rotatable bonds is 5. The molecule has 0 aromatic rings. The second-order valence-electron chi connectivity index (χ2n) is 9.04. The van der Waals surface area contributed by atoms with E-state index in [2.05, 4.69) is 62.5 Å². The second kappa shape index (κ2) is 13.1. The van der Waals surface area contributed by atoms with Gasteiger partial charge >= 0.3 is 37.9 Å². The summed E-state index contributed by atoms with van der Waals surface area (Å²) in [6.07, 6.45) is 29.5. The summed E-state index contributed by atoms with van der Waals surface area (Å²) in [5.74, 6) is 4.73. The van der Waals surface area contributed by atoms with Crippen molar-refractivity contribution in [2.45, 2.75) is 58.8 Å². The molecule has 0 aliphatic heterocycles. The molecule has 0 heterocycles. The molecule has 0 N–H and O–H groups in total. The van der Waals surface area contributed by atoms with Gasteiger partial charge in [0.15, 0.2) is 0 Å². The van der Waals surface area contributed by atoms with E-state index >= 15 is 0 Å². The first-order valence-corrected chi connectivity index (χ1v) is 17.2. The van der Waals surface area contributed by atoms with Crippen LogP contribution in [0.2, 0.25) is 0 Å². The normalized spacial score (nSPS) is 33.3. The van der Waals surface area contributed by atoms with Crippen LogP contribution in [0, 0.1) is 55.8 Å². The van der Waals surface area contributed by atoms with E-state index in [-0.39, 0.29) is 14.9 Å². The van der Waals surface area contributed by atoms with E-state index in [9.17, 15) is 0 Å². The van der Waals surface area contributed by atoms with Crippen LogP contribution in [-0.2, 0) is 20.8 Å². The first kappa shape index (κ1) is 27.5. The summed E-state index contributed by atoms with van der Waals surface area (Å²) in [6, 6.07) is 0. The summed E-state index contributed by atoms with van der Waals surface area (Å²) in [5.41, 5.74) is 0.514. The van der Waals surface area contributed by atoms with Gasteiger partial charge in [-0.2, -0.15) is 0 Å². The van der Waals surface area contributed by atoms with Gasteiger partial charge < -0.3 is 14.9 Å². The van der Waals surface area contributed by atoms with Crippen LogP contribution in [0.15, 0.2) is 48.6 Å². The zero-order valence-corrected chi connectivity index (χ0v) is 22.8. The van der Waals surface area contributed by atoms with Crippen molar-refractivity contribution in [1.29, 1.82) is 0 Å². The topological polar surface area (TPSA) is 0 Å². The molecule has 0 spiro atoms. The van der Waals surface area contributed by atoms with Crippen molar-refractivity contribution in [3.63, 3.8) is 0 Å². The van der Waals surface area contributed by atoms with Crippen molar-refractivity contribution in [3.8, 4) is 0 Å². The number of unbranched alkanes of at least 4 members (excludes halogenated alkanes) is 1. The molecule has 0 amide bonds. The quantitative estimate of drug-likeness (QED) is 0.321. The molecule has 4 aliphatic carbocycles. The third-order valence-electron chi connectivity index (χ3n) is 7.84. The molecule has 29 heavy (non-hydrogen) atoms. The van der Waals surface area contributed by atoms with Gasteiger partial charge in [0.25, 0.3) is 0 Å². The number of fused-ring (bicyclic) bond motifs is 3. The van der Waals surface area contributed by atoms with E-state index in [1.54, 1.807) is 0 Å². The number of allylic oxidation sites excluding steroid dienone is 8. The van der Waals surface area contributed by atoms with E-state index in [0.717, 1.165) is 35.5 Å². The van der Waals surface area contributed by atoms with E-state index in [0.29, 0.717) is 5.41 Å². The van der Waals surface area contributed by atoms with Gasteiger partial charge in [0.1, 0.15) is 0 Å².